The van der Waals surface area contributed by atoms with Crippen LogP contribution in [-0.2, 0) is 23.5 Å². The summed E-state index contributed by atoms with van der Waals surface area (Å²) in [6.07, 6.45) is 0. The Morgan fingerprint density at radius 1 is 1.10 bits per heavy atom. The van der Waals surface area contributed by atoms with Crippen molar-refractivity contribution in [1.82, 2.24) is 10.9 Å². The average Bonchev–Trinajstić information content (AvgIpc) is 2.32. The van der Waals surface area contributed by atoms with Crippen molar-refractivity contribution in [1.29, 1.82) is 0 Å². The maximum Gasteiger partial charge on any atom is 0.398 e. The van der Waals surface area contributed by atoms with Gasteiger partial charge >= 0.3 is 11.9 Å². The minimum Gasteiger partial charge on any atom is -0.459 e. The summed E-state index contributed by atoms with van der Waals surface area (Å²) in [6.45, 7) is 11.7. The largest absolute Gasteiger partial charge is 0.459 e. The lowest BCUT2D eigenvalue weighted by Crippen LogP contribution is -2.49. The second-order valence-corrected chi connectivity index (χ2v) is 10.6. The predicted octanol–water partition coefficient (Wildman–Crippen LogP) is 0.719. The van der Waals surface area contributed by atoms with Gasteiger partial charge in [0.15, 0.2) is 8.32 Å². The van der Waals surface area contributed by atoms with Crippen LogP contribution in [0.25, 0.3) is 0 Å². The fraction of sp³-hybridized carbons (Fsp3) is 0.750. The molecule has 0 spiro atoms. The second kappa shape index (κ2) is 7.39. The summed E-state index contributed by atoms with van der Waals surface area (Å²) >= 11 is 0. The Bertz CT molecular complexity index is 377. The van der Waals surface area contributed by atoms with E-state index in [1.54, 1.807) is 6.92 Å². The van der Waals surface area contributed by atoms with E-state index in [-0.39, 0.29) is 18.3 Å². The van der Waals surface area contributed by atoms with E-state index in [1.165, 1.54) is 0 Å². The molecule has 0 unspecified atom stereocenters. The van der Waals surface area contributed by atoms with Crippen LogP contribution < -0.4 is 10.9 Å². The number of nitrogens with one attached hydrogen (secondary N) is 2. The second-order valence-electron chi connectivity index (χ2n) is 5.77. The lowest BCUT2D eigenvalue weighted by molar-refractivity contribution is -0.155. The minimum atomic E-state index is -2.02. The zero-order valence-corrected chi connectivity index (χ0v) is 14.0. The Labute approximate surface area is 120 Å². The van der Waals surface area contributed by atoms with Gasteiger partial charge in [-0.1, -0.05) is 20.8 Å². The number of carbonyl (C=O) groups is 3. The van der Waals surface area contributed by atoms with Crippen LogP contribution in [0.5, 0.6) is 0 Å². The summed E-state index contributed by atoms with van der Waals surface area (Å²) < 4.78 is 10.1. The van der Waals surface area contributed by atoms with Crippen LogP contribution in [0.15, 0.2) is 0 Å². The molecular weight excluding hydrogens is 280 g/mol. The Morgan fingerprint density at radius 3 is 2.10 bits per heavy atom. The molecular formula is C12H24N2O5Si. The third-order valence-electron chi connectivity index (χ3n) is 3.15. The van der Waals surface area contributed by atoms with E-state index in [0.29, 0.717) is 0 Å². The van der Waals surface area contributed by atoms with E-state index in [1.807, 2.05) is 18.5 Å². The van der Waals surface area contributed by atoms with Gasteiger partial charge in [-0.2, -0.15) is 0 Å². The summed E-state index contributed by atoms with van der Waals surface area (Å²) in [5, 5.41) is -0.0124. The van der Waals surface area contributed by atoms with Crippen LogP contribution in [0, 0.1) is 0 Å². The third kappa shape index (κ3) is 6.16. The highest BCUT2D eigenvalue weighted by Gasteiger charge is 2.37. The number of amides is 2. The monoisotopic (exact) mass is 304 g/mol. The van der Waals surface area contributed by atoms with Crippen molar-refractivity contribution in [3.05, 3.63) is 0 Å². The van der Waals surface area contributed by atoms with Crippen LogP contribution in [0.3, 0.4) is 0 Å². The Morgan fingerprint density at radius 2 is 1.65 bits per heavy atom. The van der Waals surface area contributed by atoms with E-state index < -0.39 is 26.1 Å². The summed E-state index contributed by atoms with van der Waals surface area (Å²) in [7, 11) is -2.02. The van der Waals surface area contributed by atoms with Crippen molar-refractivity contribution in [3.8, 4) is 0 Å². The Kier molecular flexibility index (Phi) is 6.87. The summed E-state index contributed by atoms with van der Waals surface area (Å²) in [4.78, 5) is 33.7. The van der Waals surface area contributed by atoms with Crippen molar-refractivity contribution < 1.29 is 23.5 Å². The Balaban J connectivity index is 4.14. The van der Waals surface area contributed by atoms with Crippen LogP contribution in [0.1, 0.15) is 27.7 Å². The number of ether oxygens (including phenoxy) is 1. The third-order valence-corrected chi connectivity index (χ3v) is 7.62. The number of hydrogen-bond donors (Lipinski definition) is 2. The van der Waals surface area contributed by atoms with Gasteiger partial charge in [-0.05, 0) is 25.1 Å². The van der Waals surface area contributed by atoms with E-state index in [2.05, 4.69) is 30.9 Å². The molecule has 0 rings (SSSR count). The molecule has 0 aliphatic rings. The van der Waals surface area contributed by atoms with Gasteiger partial charge in [-0.3, -0.25) is 20.4 Å². The maximum absolute atomic E-state index is 11.5. The molecule has 0 saturated carbocycles. The van der Waals surface area contributed by atoms with E-state index in [0.717, 1.165) is 0 Å². The molecule has 20 heavy (non-hydrogen) atoms. The molecule has 0 saturated heterocycles. The zero-order valence-electron chi connectivity index (χ0n) is 13.0. The van der Waals surface area contributed by atoms with E-state index >= 15 is 0 Å². The van der Waals surface area contributed by atoms with Crippen molar-refractivity contribution in [2.75, 3.05) is 13.2 Å². The van der Waals surface area contributed by atoms with Crippen LogP contribution >= 0.6 is 0 Å². The van der Waals surface area contributed by atoms with E-state index in [9.17, 15) is 14.4 Å². The van der Waals surface area contributed by atoms with Gasteiger partial charge < -0.3 is 9.16 Å². The molecule has 0 aromatic carbocycles. The lowest BCUT2D eigenvalue weighted by atomic mass is 10.2. The number of rotatable bonds is 4. The van der Waals surface area contributed by atoms with Gasteiger partial charge in [-0.25, -0.2) is 4.79 Å². The fourth-order valence-corrected chi connectivity index (χ4v) is 1.80. The molecule has 0 aromatic rings. The van der Waals surface area contributed by atoms with Gasteiger partial charge in [0.2, 0.25) is 0 Å². The Hall–Kier alpha value is -1.41. The van der Waals surface area contributed by atoms with Crippen LogP contribution in [0.2, 0.25) is 18.1 Å². The first kappa shape index (κ1) is 18.6. The first-order valence-corrected chi connectivity index (χ1v) is 9.32. The highest BCUT2D eigenvalue weighted by molar-refractivity contribution is 6.74. The molecule has 0 bridgehead atoms. The SMILES string of the molecule is CCOC(=O)C(=O)NNC(=O)CO[Si](C)(C)C(C)(C)C. The summed E-state index contributed by atoms with van der Waals surface area (Å²) in [6, 6.07) is 0. The highest BCUT2D eigenvalue weighted by Crippen LogP contribution is 2.36. The van der Waals surface area contributed by atoms with Crippen LogP contribution in [0.4, 0.5) is 0 Å². The molecule has 2 N–H and O–H groups in total. The van der Waals surface area contributed by atoms with Gasteiger partial charge in [-0.15, -0.1) is 0 Å². The number of hydrazine groups is 1. The minimum absolute atomic E-state index is 0.0124. The maximum atomic E-state index is 11.5. The molecule has 0 aliphatic carbocycles. The molecule has 0 atom stereocenters. The highest BCUT2D eigenvalue weighted by atomic mass is 28.4. The van der Waals surface area contributed by atoms with Gasteiger partial charge in [0.25, 0.3) is 5.91 Å². The molecule has 2 amide bonds. The van der Waals surface area contributed by atoms with Crippen molar-refractivity contribution >= 4 is 26.1 Å². The van der Waals surface area contributed by atoms with Crippen LogP contribution in [-0.4, -0.2) is 39.3 Å². The fourth-order valence-electron chi connectivity index (χ4n) is 0.873. The number of carbonyl (C=O) groups excluding carboxylic acids is 3. The zero-order chi connectivity index (χ0) is 16.0. The smallest absolute Gasteiger partial charge is 0.398 e. The van der Waals surface area contributed by atoms with Crippen molar-refractivity contribution in [3.63, 3.8) is 0 Å². The summed E-state index contributed by atoms with van der Waals surface area (Å²) in [5.41, 5.74) is 4.07. The first-order chi connectivity index (χ1) is 9.01. The molecule has 0 aliphatic heterocycles. The molecule has 0 aromatic heterocycles. The van der Waals surface area contributed by atoms with Gasteiger partial charge in [0.05, 0.1) is 6.61 Å². The first-order valence-electron chi connectivity index (χ1n) is 6.41. The lowest BCUT2D eigenvalue weighted by Gasteiger charge is -2.35. The standard InChI is InChI=1S/C12H24N2O5Si/c1-7-18-11(17)10(16)14-13-9(15)8-19-20(5,6)12(2,3)4/h7-8H2,1-6H3,(H,13,15)(H,14,16). The quantitative estimate of drug-likeness (QED) is 0.345. The molecule has 0 heterocycles. The molecule has 8 heteroatoms. The van der Waals surface area contributed by atoms with Crippen molar-refractivity contribution in [2.24, 2.45) is 0 Å². The van der Waals surface area contributed by atoms with E-state index in [4.69, 9.17) is 4.43 Å². The summed E-state index contributed by atoms with van der Waals surface area (Å²) in [5.74, 6) is -2.59. The normalized spacial score (nSPS) is 11.7. The number of esters is 1. The average molecular weight is 304 g/mol. The number of hydrogen-bond acceptors (Lipinski definition) is 5. The molecule has 0 radical (unpaired) electrons. The van der Waals surface area contributed by atoms with Crippen molar-refractivity contribution in [2.45, 2.75) is 45.8 Å². The predicted molar refractivity (Wildman–Crippen MR) is 76.1 cm³/mol. The van der Waals surface area contributed by atoms with Gasteiger partial charge in [0.1, 0.15) is 6.61 Å². The van der Waals surface area contributed by atoms with Gasteiger partial charge in [0, 0.05) is 0 Å². The molecule has 0 fully saturated rings. The molecule has 7 nitrogen and oxygen atoms in total. The topological polar surface area (TPSA) is 93.7 Å². The molecule has 116 valence electrons.